The Bertz CT molecular complexity index is 4880. The Hall–Kier alpha value is -13.0. The van der Waals surface area contributed by atoms with Crippen LogP contribution in [0.2, 0.25) is 0 Å². The number of nitrogens with two attached hydrogens (primary N) is 6. The molecule has 4 aromatic heterocycles. The van der Waals surface area contributed by atoms with Crippen molar-refractivity contribution in [2.24, 2.45) is 34.4 Å². The monoisotopic (exact) mass is 1700 g/mol. The number of guanidine groups is 3. The van der Waals surface area contributed by atoms with Gasteiger partial charge in [-0.05, 0) is 130 Å². The molecule has 33 N–H and O–H groups in total. The first-order valence-electron chi connectivity index (χ1n) is 39.3. The van der Waals surface area contributed by atoms with E-state index in [0.29, 0.717) is 80.8 Å². The molecule has 4 heterocycles. The van der Waals surface area contributed by atoms with Gasteiger partial charge in [-0.3, -0.25) is 59.4 Å². The Labute approximate surface area is 698 Å². The molecule has 0 saturated carbocycles. The van der Waals surface area contributed by atoms with E-state index >= 15 is 24.0 Å². The summed E-state index contributed by atoms with van der Waals surface area (Å²) in [4.78, 5) is 169. The molecule has 10 atom stereocenters. The van der Waals surface area contributed by atoms with Crippen LogP contribution < -0.4 is 98.2 Å². The number of para-hydroxylation sites is 4. The van der Waals surface area contributed by atoms with Crippen molar-refractivity contribution in [2.45, 2.75) is 169 Å². The highest BCUT2D eigenvalue weighted by Crippen LogP contribution is 2.25. The van der Waals surface area contributed by atoms with E-state index in [0.717, 1.165) is 10.9 Å². The molecule has 0 fully saturated rings. The minimum absolute atomic E-state index is 0.0104. The van der Waals surface area contributed by atoms with E-state index in [4.69, 9.17) is 60.5 Å². The zero-order chi connectivity index (χ0) is 88.3. The topological polar surface area (TPSA) is 663 Å². The summed E-state index contributed by atoms with van der Waals surface area (Å²) in [5, 5.41) is 75.9. The van der Waals surface area contributed by atoms with Gasteiger partial charge in [-0.2, -0.15) is 25.8 Å². The summed E-state index contributed by atoms with van der Waals surface area (Å²) in [7, 11) is 0. The minimum atomic E-state index is -5.08. The third kappa shape index (κ3) is 30.1. The first-order chi connectivity index (χ1) is 57.8. The zero-order valence-corrected chi connectivity index (χ0v) is 67.2. The molecule has 9 amide bonds. The molecule has 0 bridgehead atoms. The van der Waals surface area contributed by atoms with Crippen LogP contribution in [0.25, 0.3) is 43.6 Å². The average Bonchev–Trinajstić information content (AvgIpc) is 1.74. The van der Waals surface area contributed by atoms with E-state index in [9.17, 15) is 42.3 Å². The third-order valence-corrected chi connectivity index (χ3v) is 20.1. The highest BCUT2D eigenvalue weighted by atomic mass is 32.1. The van der Waals surface area contributed by atoms with Gasteiger partial charge in [0.2, 0.25) is 53.2 Å². The van der Waals surface area contributed by atoms with Crippen LogP contribution in [0.5, 0.6) is 0 Å². The standard InChI is InChI=1S/C77H107N25O11S.C2HF3O2/c78-29-11-9-20-51(80)65(103)94-57(26-13-31-87-75(81)82)68(106)99-63(37-46-41-93-55-24-8-4-19-50(46)55)73(111)100-60(34-43-38-90-52-21-5-1-16-47(43)52)70(108)96-56(25-10-12-30-79)67(105)98-62(36-45-40-92-54-23-7-3-18-49(45)54)72(110)101-61(35-44-39-91-53-22-6-2-17-48(44)53)71(109)97-58(27-14-32-88-76(83)84)66(104)95-59(28-15-33-89-77(85)86)69(107)102-64(42-114)74(112)113;3-2(4,5)1(6)7/h1-8,16-19,21-24,38-41,51,56-64,90-93,114H,9-15,20,25-37,42,78-80H2,(H,94,103)(H,95,104)(H,96,108)(H,97,109)(H,98,105)(H,99,106)(H,100,111)(H,101,110)(H,102,107)(H,112,113)(H4,81,82,87)(H4,83,84,88)(H4,85,86,89);(H,6,7)/t51-,56-,57-,58-,59-,60-,61-,62-,63-,64-;/m0./s1. The molecular weight excluding hydrogens is 1600 g/mol. The number of amides is 9. The lowest BCUT2D eigenvalue weighted by molar-refractivity contribution is -0.192. The molecule has 0 spiro atoms. The number of aromatic amines is 4. The number of aliphatic carboxylic acids is 2. The number of aromatic nitrogens is 4. The van der Waals surface area contributed by atoms with Gasteiger partial charge in [0.05, 0.1) is 6.04 Å². The molecule has 0 unspecified atom stereocenters. The number of hydrogen-bond donors (Lipinski definition) is 28. The number of H-pyrrole nitrogens is 4. The molecule has 4 aromatic carbocycles. The molecule has 8 rings (SSSR count). The fourth-order valence-electron chi connectivity index (χ4n) is 13.4. The second-order valence-corrected chi connectivity index (χ2v) is 29.1. The summed E-state index contributed by atoms with van der Waals surface area (Å²) in [6.45, 7) is 0.853. The van der Waals surface area contributed by atoms with Crippen molar-refractivity contribution in [2.75, 3.05) is 38.5 Å². The number of thiol groups is 1. The van der Waals surface area contributed by atoms with Gasteiger partial charge >= 0.3 is 18.1 Å². The number of fused-ring (bicyclic) bond motifs is 4. The molecule has 121 heavy (non-hydrogen) atoms. The number of carbonyl (C=O) groups is 11. The lowest BCUT2D eigenvalue weighted by atomic mass is 9.99. The summed E-state index contributed by atoms with van der Waals surface area (Å²) in [5.74, 6) is -13.1. The summed E-state index contributed by atoms with van der Waals surface area (Å²) < 4.78 is 31.7. The van der Waals surface area contributed by atoms with Gasteiger partial charge in [0.25, 0.3) is 0 Å². The number of carboxylic acid groups (broad SMARTS) is 2. The normalized spacial score (nSPS) is 13.8. The van der Waals surface area contributed by atoms with Crippen LogP contribution in [0.15, 0.2) is 122 Å². The van der Waals surface area contributed by atoms with E-state index in [1.165, 1.54) is 0 Å². The number of carboxylic acids is 2. The molecule has 0 aliphatic rings. The number of alkyl halides is 3. The molecule has 654 valence electrons. The smallest absolute Gasteiger partial charge is 0.480 e. The quantitative estimate of drug-likeness (QED) is 0.0105. The van der Waals surface area contributed by atoms with Crippen LogP contribution in [-0.4, -0.2) is 218 Å². The number of halogens is 3. The van der Waals surface area contributed by atoms with Gasteiger partial charge in [0.1, 0.15) is 54.4 Å². The second-order valence-electron chi connectivity index (χ2n) is 28.8. The fraction of sp³-hybridized carbons (Fsp3) is 0.418. The molecule has 8 aromatic rings. The molecule has 0 radical (unpaired) electrons. The van der Waals surface area contributed by atoms with Crippen molar-refractivity contribution in [3.8, 4) is 0 Å². The Morgan fingerprint density at radius 2 is 0.595 bits per heavy atom. The Kier molecular flexibility index (Phi) is 37.4. The van der Waals surface area contributed by atoms with Gasteiger partial charge in [0, 0.05) is 119 Å². The maximum Gasteiger partial charge on any atom is 0.490 e. The molecule has 0 aliphatic heterocycles. The lowest BCUT2D eigenvalue weighted by Gasteiger charge is -2.28. The van der Waals surface area contributed by atoms with E-state index in [1.807, 2.05) is 66.7 Å². The lowest BCUT2D eigenvalue weighted by Crippen LogP contribution is -2.61. The molecular formula is C79H108F3N25O13S. The molecule has 0 aliphatic carbocycles. The average molecular weight is 1700 g/mol. The summed E-state index contributed by atoms with van der Waals surface area (Å²) in [6.07, 6.45) is 3.09. The van der Waals surface area contributed by atoms with Gasteiger partial charge in [-0.25, -0.2) is 9.59 Å². The predicted octanol–water partition coefficient (Wildman–Crippen LogP) is 0.268. The van der Waals surface area contributed by atoms with Crippen LogP contribution in [0, 0.1) is 16.2 Å². The van der Waals surface area contributed by atoms with Crippen LogP contribution in [0.4, 0.5) is 13.2 Å². The minimum Gasteiger partial charge on any atom is -0.480 e. The third-order valence-electron chi connectivity index (χ3n) is 19.7. The summed E-state index contributed by atoms with van der Waals surface area (Å²) in [6, 6.07) is 14.9. The van der Waals surface area contributed by atoms with Crippen molar-refractivity contribution in [1.29, 1.82) is 16.2 Å². The largest absolute Gasteiger partial charge is 0.490 e. The van der Waals surface area contributed by atoms with Crippen LogP contribution in [-0.2, 0) is 78.4 Å². The van der Waals surface area contributed by atoms with Crippen molar-refractivity contribution in [1.82, 2.24) is 83.7 Å². The van der Waals surface area contributed by atoms with Crippen molar-refractivity contribution in [3.63, 3.8) is 0 Å². The number of rotatable bonds is 48. The maximum atomic E-state index is 15.7. The highest BCUT2D eigenvalue weighted by molar-refractivity contribution is 7.80. The molecule has 38 nitrogen and oxygen atoms in total. The van der Waals surface area contributed by atoms with E-state index < -0.39 is 132 Å². The molecule has 42 heteroatoms. The van der Waals surface area contributed by atoms with Gasteiger partial charge < -0.3 is 128 Å². The number of hydrogen-bond acceptors (Lipinski definition) is 18. The number of nitrogens with one attached hydrogen (secondary N) is 19. The Morgan fingerprint density at radius 1 is 0.364 bits per heavy atom. The SMILES string of the molecule is N=C(N)NCCC[C@H](NC(=O)[C@H](CCCNC(=N)N)NC(=O)[C@H](Cc1c[nH]c2ccccc12)NC(=O)[C@H](Cc1c[nH]c2ccccc12)NC(=O)[C@H](CCCCN)NC(=O)[C@H](Cc1c[nH]c2ccccc12)NC(=O)[C@H](Cc1c[nH]c2ccccc12)NC(=O)[C@H](CCCNC(=N)N)NC(=O)[C@@H](N)CCCCN)C(=O)N[C@@H](CS)C(=O)O.O=C(O)C(F)(F)F. The Morgan fingerprint density at radius 3 is 0.843 bits per heavy atom. The number of unbranched alkanes of at least 4 members (excludes halogenated alkanes) is 2. The first-order valence-corrected chi connectivity index (χ1v) is 39.9. The summed E-state index contributed by atoms with van der Waals surface area (Å²) >= 11 is 4.08. The maximum absolute atomic E-state index is 15.7. The predicted molar refractivity (Wildman–Crippen MR) is 452 cm³/mol. The van der Waals surface area contributed by atoms with Gasteiger partial charge in [-0.15, -0.1) is 0 Å². The van der Waals surface area contributed by atoms with Gasteiger partial charge in [-0.1, -0.05) is 79.2 Å². The zero-order valence-electron chi connectivity index (χ0n) is 66.3. The van der Waals surface area contributed by atoms with Crippen molar-refractivity contribution in [3.05, 3.63) is 144 Å². The van der Waals surface area contributed by atoms with Gasteiger partial charge in [0.15, 0.2) is 17.9 Å². The highest BCUT2D eigenvalue weighted by Gasteiger charge is 2.40. The first kappa shape index (κ1) is 95.2. The second kappa shape index (κ2) is 47.6. The molecule has 0 saturated heterocycles. The van der Waals surface area contributed by atoms with E-state index in [-0.39, 0.29) is 133 Å². The van der Waals surface area contributed by atoms with Crippen molar-refractivity contribution < 1.29 is 76.1 Å². The van der Waals surface area contributed by atoms with Crippen LogP contribution >= 0.6 is 12.6 Å². The Balaban J connectivity index is 0.00000275. The summed E-state index contributed by atoms with van der Waals surface area (Å²) in [5.41, 5.74) is 39.9. The van der Waals surface area contributed by atoms with Crippen LogP contribution in [0.1, 0.15) is 99.3 Å². The number of carbonyl (C=O) groups excluding carboxylic acids is 9. The fourth-order valence-corrected chi connectivity index (χ4v) is 13.6. The van der Waals surface area contributed by atoms with Crippen molar-refractivity contribution >= 4 is 139 Å². The van der Waals surface area contributed by atoms with Crippen LogP contribution in [0.3, 0.4) is 0 Å². The van der Waals surface area contributed by atoms with E-state index in [1.54, 1.807) is 55.1 Å². The van der Waals surface area contributed by atoms with E-state index in [2.05, 4.69) is 96.4 Å². The number of benzene rings is 4.